The van der Waals surface area contributed by atoms with Gasteiger partial charge in [-0.15, -0.1) is 0 Å². The number of anilines is 1. The van der Waals surface area contributed by atoms with Crippen LogP contribution < -0.4 is 4.90 Å². The molecule has 1 saturated heterocycles. The summed E-state index contributed by atoms with van der Waals surface area (Å²) in [5.74, 6) is -0.792. The number of aromatic nitrogens is 1. The molecular formula is C22H26FN3O3. The molecule has 0 bridgehead atoms. The average Bonchev–Trinajstić information content (AvgIpc) is 2.83. The lowest BCUT2D eigenvalue weighted by molar-refractivity contribution is -0.134. The second-order valence-electron chi connectivity index (χ2n) is 7.78. The summed E-state index contributed by atoms with van der Waals surface area (Å²) in [6, 6.07) is 9.28. The van der Waals surface area contributed by atoms with Gasteiger partial charge in [-0.25, -0.2) is 14.2 Å². The summed E-state index contributed by atoms with van der Waals surface area (Å²) in [5, 5.41) is 9.58. The van der Waals surface area contributed by atoms with Gasteiger partial charge in [0, 0.05) is 31.7 Å². The molecule has 154 valence electrons. The van der Waals surface area contributed by atoms with E-state index in [0.29, 0.717) is 25.5 Å². The first-order chi connectivity index (χ1) is 13.8. The normalized spacial score (nSPS) is 17.6. The van der Waals surface area contributed by atoms with E-state index in [1.165, 1.54) is 12.1 Å². The number of carbonyl (C=O) groups is 2. The number of aromatic carboxylic acids is 1. The van der Waals surface area contributed by atoms with Crippen molar-refractivity contribution in [2.75, 3.05) is 18.0 Å². The fourth-order valence-electron chi connectivity index (χ4n) is 3.68. The third kappa shape index (κ3) is 4.72. The lowest BCUT2D eigenvalue weighted by atomic mass is 10.0. The predicted octanol–water partition coefficient (Wildman–Crippen LogP) is 3.49. The minimum absolute atomic E-state index is 0.0000491. The van der Waals surface area contributed by atoms with Gasteiger partial charge in [-0.05, 0) is 42.7 Å². The van der Waals surface area contributed by atoms with Gasteiger partial charge in [0.05, 0.1) is 6.04 Å². The van der Waals surface area contributed by atoms with Crippen LogP contribution in [-0.4, -0.2) is 46.0 Å². The highest BCUT2D eigenvalue weighted by Crippen LogP contribution is 2.26. The molecule has 1 aromatic carbocycles. The average molecular weight is 399 g/mol. The Morgan fingerprint density at radius 2 is 1.93 bits per heavy atom. The minimum Gasteiger partial charge on any atom is -0.478 e. The number of carboxylic acid groups (broad SMARTS) is 1. The van der Waals surface area contributed by atoms with Gasteiger partial charge in [-0.2, -0.15) is 0 Å². The fourth-order valence-corrected chi connectivity index (χ4v) is 3.68. The van der Waals surface area contributed by atoms with Crippen LogP contribution in [0.3, 0.4) is 0 Å². The van der Waals surface area contributed by atoms with Crippen LogP contribution in [0.25, 0.3) is 0 Å². The molecule has 1 aliphatic heterocycles. The van der Waals surface area contributed by atoms with Crippen molar-refractivity contribution in [3.63, 3.8) is 0 Å². The van der Waals surface area contributed by atoms with Crippen LogP contribution in [0, 0.1) is 18.7 Å². The number of carboxylic acids is 1. The Morgan fingerprint density at radius 1 is 1.24 bits per heavy atom. The Balaban J connectivity index is 1.93. The number of aryl methyl sites for hydroxylation is 1. The first kappa shape index (κ1) is 20.8. The molecule has 1 atom stereocenters. The molecule has 29 heavy (non-hydrogen) atoms. The summed E-state index contributed by atoms with van der Waals surface area (Å²) in [6.45, 7) is 7.18. The molecule has 1 aliphatic rings. The quantitative estimate of drug-likeness (QED) is 0.833. The molecule has 3 rings (SSSR count). The van der Waals surface area contributed by atoms with Crippen molar-refractivity contribution in [2.45, 2.75) is 39.8 Å². The Kier molecular flexibility index (Phi) is 6.15. The van der Waals surface area contributed by atoms with Crippen molar-refractivity contribution < 1.29 is 19.1 Å². The Morgan fingerprint density at radius 3 is 2.55 bits per heavy atom. The van der Waals surface area contributed by atoms with Crippen molar-refractivity contribution >= 4 is 17.7 Å². The van der Waals surface area contributed by atoms with Gasteiger partial charge >= 0.3 is 5.97 Å². The van der Waals surface area contributed by atoms with Crippen LogP contribution in [0.1, 0.15) is 41.9 Å². The van der Waals surface area contributed by atoms with Crippen LogP contribution in [0.2, 0.25) is 0 Å². The van der Waals surface area contributed by atoms with Gasteiger partial charge < -0.3 is 14.9 Å². The summed E-state index contributed by atoms with van der Waals surface area (Å²) in [6.07, 6.45) is 0.263. The molecule has 0 saturated carbocycles. The molecule has 2 heterocycles. The van der Waals surface area contributed by atoms with Crippen molar-refractivity contribution in [2.24, 2.45) is 5.92 Å². The van der Waals surface area contributed by atoms with Gasteiger partial charge in [0.25, 0.3) is 0 Å². The van der Waals surface area contributed by atoms with E-state index in [2.05, 4.69) is 4.98 Å². The minimum atomic E-state index is -1.03. The number of halogens is 1. The van der Waals surface area contributed by atoms with Crippen molar-refractivity contribution in [3.8, 4) is 0 Å². The molecule has 0 radical (unpaired) electrons. The zero-order chi connectivity index (χ0) is 21.1. The second kappa shape index (κ2) is 8.59. The number of hydrogen-bond donors (Lipinski definition) is 1. The number of amides is 1. The summed E-state index contributed by atoms with van der Waals surface area (Å²) in [5.41, 5.74) is 1.72. The van der Waals surface area contributed by atoms with E-state index >= 15 is 0 Å². The van der Waals surface area contributed by atoms with E-state index < -0.39 is 5.97 Å². The van der Waals surface area contributed by atoms with Gasteiger partial charge in [0.1, 0.15) is 17.2 Å². The monoisotopic (exact) mass is 399 g/mol. The number of nitrogens with zero attached hydrogens (tertiary/aromatic N) is 3. The first-order valence-corrected chi connectivity index (χ1v) is 9.76. The first-order valence-electron chi connectivity index (χ1n) is 9.76. The highest BCUT2D eigenvalue weighted by molar-refractivity contribution is 5.93. The number of carbonyl (C=O) groups excluding carboxylic acids is 1. The summed E-state index contributed by atoms with van der Waals surface area (Å²) >= 11 is 0. The number of pyridine rings is 1. The number of benzene rings is 1. The molecule has 1 aromatic heterocycles. The standard InChI is InChI=1S/C22H26FN3O3/c1-14(2)19-13-25(21-18(22(28)29)9-4-15(3)24-21)11-10-20(27)26(19)12-16-5-7-17(23)8-6-16/h4-9,14,19H,10-13H2,1-3H3,(H,28,29). The Hall–Kier alpha value is -2.96. The molecule has 1 fully saturated rings. The van der Waals surface area contributed by atoms with E-state index in [9.17, 15) is 19.1 Å². The van der Waals surface area contributed by atoms with Crippen molar-refractivity contribution in [1.82, 2.24) is 9.88 Å². The third-order valence-corrected chi connectivity index (χ3v) is 5.30. The van der Waals surface area contributed by atoms with Crippen LogP contribution in [0.15, 0.2) is 36.4 Å². The zero-order valence-corrected chi connectivity index (χ0v) is 16.9. The third-order valence-electron chi connectivity index (χ3n) is 5.30. The zero-order valence-electron chi connectivity index (χ0n) is 16.9. The van der Waals surface area contributed by atoms with Gasteiger partial charge in [-0.1, -0.05) is 26.0 Å². The molecular weight excluding hydrogens is 373 g/mol. The fraction of sp³-hybridized carbons (Fsp3) is 0.409. The summed E-state index contributed by atoms with van der Waals surface area (Å²) < 4.78 is 13.2. The largest absolute Gasteiger partial charge is 0.478 e. The number of hydrogen-bond acceptors (Lipinski definition) is 4. The summed E-state index contributed by atoms with van der Waals surface area (Å²) in [4.78, 5) is 32.9. The molecule has 1 unspecified atom stereocenters. The molecule has 1 N–H and O–H groups in total. The topological polar surface area (TPSA) is 73.7 Å². The maximum Gasteiger partial charge on any atom is 0.339 e. The van der Waals surface area contributed by atoms with Crippen LogP contribution in [-0.2, 0) is 11.3 Å². The van der Waals surface area contributed by atoms with Gasteiger partial charge in [0.2, 0.25) is 5.91 Å². The molecule has 2 aromatic rings. The molecule has 7 heteroatoms. The highest BCUT2D eigenvalue weighted by Gasteiger charge is 2.33. The maximum absolute atomic E-state index is 13.2. The second-order valence-corrected chi connectivity index (χ2v) is 7.78. The van der Waals surface area contributed by atoms with Gasteiger partial charge in [0.15, 0.2) is 0 Å². The van der Waals surface area contributed by atoms with Crippen LogP contribution >= 0.6 is 0 Å². The molecule has 0 spiro atoms. The van der Waals surface area contributed by atoms with Crippen LogP contribution in [0.5, 0.6) is 0 Å². The van der Waals surface area contributed by atoms with Gasteiger partial charge in [-0.3, -0.25) is 4.79 Å². The smallest absolute Gasteiger partial charge is 0.339 e. The van der Waals surface area contributed by atoms with Crippen molar-refractivity contribution in [3.05, 3.63) is 59.0 Å². The lowest BCUT2D eigenvalue weighted by Gasteiger charge is -2.35. The van der Waals surface area contributed by atoms with E-state index in [4.69, 9.17) is 0 Å². The van der Waals surface area contributed by atoms with Crippen LogP contribution in [0.4, 0.5) is 10.2 Å². The maximum atomic E-state index is 13.2. The molecule has 1 amide bonds. The predicted molar refractivity (Wildman–Crippen MR) is 108 cm³/mol. The number of rotatable bonds is 5. The lowest BCUT2D eigenvalue weighted by Crippen LogP contribution is -2.46. The summed E-state index contributed by atoms with van der Waals surface area (Å²) in [7, 11) is 0. The van der Waals surface area contributed by atoms with E-state index in [1.54, 1.807) is 24.3 Å². The molecule has 0 aliphatic carbocycles. The van der Waals surface area contributed by atoms with E-state index in [-0.39, 0.29) is 35.7 Å². The Labute approximate surface area is 170 Å². The Bertz CT molecular complexity index is 899. The van der Waals surface area contributed by atoms with E-state index in [0.717, 1.165) is 11.3 Å². The van der Waals surface area contributed by atoms with E-state index in [1.807, 2.05) is 30.6 Å². The highest BCUT2D eigenvalue weighted by atomic mass is 19.1. The SMILES string of the molecule is Cc1ccc(C(=O)O)c(N2CCC(=O)N(Cc3ccc(F)cc3)C(C(C)C)C2)n1. The van der Waals surface area contributed by atoms with Crippen molar-refractivity contribution in [1.29, 1.82) is 0 Å². The molecule has 6 nitrogen and oxygen atoms in total.